The van der Waals surface area contributed by atoms with Crippen molar-refractivity contribution in [2.45, 2.75) is 20.8 Å². The zero-order valence-electron chi connectivity index (χ0n) is 17.7. The van der Waals surface area contributed by atoms with E-state index >= 15 is 0 Å². The Labute approximate surface area is 180 Å². The molecule has 31 heavy (non-hydrogen) atoms. The molecule has 5 rings (SSSR count). The second kappa shape index (κ2) is 7.40. The van der Waals surface area contributed by atoms with Gasteiger partial charge in [-0.05, 0) is 78.6 Å². The number of anilines is 1. The van der Waals surface area contributed by atoms with Gasteiger partial charge < -0.3 is 9.73 Å². The van der Waals surface area contributed by atoms with E-state index in [9.17, 15) is 4.79 Å². The number of aryl methyl sites for hydroxylation is 2. The van der Waals surface area contributed by atoms with Crippen LogP contribution in [0, 0.1) is 20.8 Å². The average molecular weight is 406 g/mol. The van der Waals surface area contributed by atoms with Crippen molar-refractivity contribution in [1.29, 1.82) is 0 Å². The molecule has 0 atom stereocenters. The lowest BCUT2D eigenvalue weighted by Gasteiger charge is -2.12. The topological polar surface area (TPSA) is 55.1 Å². The van der Waals surface area contributed by atoms with Gasteiger partial charge in [-0.3, -0.25) is 4.79 Å². The Hall–Kier alpha value is -3.92. The molecule has 0 bridgehead atoms. The van der Waals surface area contributed by atoms with Crippen LogP contribution in [0.25, 0.3) is 33.3 Å². The molecule has 4 heteroatoms. The monoisotopic (exact) mass is 406 g/mol. The summed E-state index contributed by atoms with van der Waals surface area (Å²) in [4.78, 5) is 17.8. The lowest BCUT2D eigenvalue weighted by molar-refractivity contribution is 0.102. The van der Waals surface area contributed by atoms with Gasteiger partial charge in [-0.15, -0.1) is 0 Å². The summed E-state index contributed by atoms with van der Waals surface area (Å²) in [7, 11) is 0. The molecule has 0 radical (unpaired) electrons. The number of hydrogen-bond donors (Lipinski definition) is 1. The zero-order chi connectivity index (χ0) is 21.5. The van der Waals surface area contributed by atoms with E-state index in [2.05, 4.69) is 24.1 Å². The SMILES string of the molecule is Cc1cc2nc(-c3cccc(NC(=O)c4cccc5ccccc45)c3C)oc2cc1C. The second-order valence-corrected chi connectivity index (χ2v) is 7.88. The number of carbonyl (C=O) groups excluding carboxylic acids is 1. The van der Waals surface area contributed by atoms with Crippen molar-refractivity contribution in [2.75, 3.05) is 5.32 Å². The van der Waals surface area contributed by atoms with Crippen LogP contribution in [0.3, 0.4) is 0 Å². The van der Waals surface area contributed by atoms with Gasteiger partial charge in [0.1, 0.15) is 5.52 Å². The Kier molecular flexibility index (Phi) is 4.55. The maximum absolute atomic E-state index is 13.1. The van der Waals surface area contributed by atoms with Crippen molar-refractivity contribution in [2.24, 2.45) is 0 Å². The van der Waals surface area contributed by atoms with Gasteiger partial charge in [-0.2, -0.15) is 0 Å². The largest absolute Gasteiger partial charge is 0.436 e. The summed E-state index contributed by atoms with van der Waals surface area (Å²) < 4.78 is 6.05. The third-order valence-corrected chi connectivity index (χ3v) is 5.85. The highest BCUT2D eigenvalue weighted by molar-refractivity contribution is 6.13. The molecule has 1 aromatic heterocycles. The van der Waals surface area contributed by atoms with Gasteiger partial charge >= 0.3 is 0 Å². The summed E-state index contributed by atoms with van der Waals surface area (Å²) in [6, 6.07) is 23.5. The van der Waals surface area contributed by atoms with E-state index in [1.807, 2.05) is 79.7 Å². The van der Waals surface area contributed by atoms with E-state index in [0.29, 0.717) is 11.5 Å². The van der Waals surface area contributed by atoms with Crippen molar-refractivity contribution >= 4 is 33.5 Å². The van der Waals surface area contributed by atoms with Crippen LogP contribution >= 0.6 is 0 Å². The molecule has 0 spiro atoms. The van der Waals surface area contributed by atoms with Crippen LogP contribution in [-0.4, -0.2) is 10.9 Å². The van der Waals surface area contributed by atoms with Crippen LogP contribution in [0.15, 0.2) is 77.2 Å². The number of aromatic nitrogens is 1. The number of nitrogens with zero attached hydrogens (tertiary/aromatic N) is 1. The van der Waals surface area contributed by atoms with Crippen LogP contribution in [0.2, 0.25) is 0 Å². The van der Waals surface area contributed by atoms with Crippen LogP contribution in [-0.2, 0) is 0 Å². The fraction of sp³-hybridized carbons (Fsp3) is 0.111. The summed E-state index contributed by atoms with van der Waals surface area (Å²) in [5.41, 5.74) is 7.12. The van der Waals surface area contributed by atoms with E-state index in [1.54, 1.807) is 0 Å². The van der Waals surface area contributed by atoms with E-state index in [-0.39, 0.29) is 5.91 Å². The standard InChI is InChI=1S/C27H22N2O2/c1-16-14-24-25(15-17(16)2)31-27(29-24)20-11-7-13-23(18(20)3)28-26(30)22-12-6-9-19-8-4-5-10-21(19)22/h4-15H,1-3H3,(H,28,30). The third-order valence-electron chi connectivity index (χ3n) is 5.85. The van der Waals surface area contributed by atoms with Crippen LogP contribution in [0.1, 0.15) is 27.0 Å². The molecule has 0 fully saturated rings. The summed E-state index contributed by atoms with van der Waals surface area (Å²) >= 11 is 0. The highest BCUT2D eigenvalue weighted by atomic mass is 16.3. The fourth-order valence-corrected chi connectivity index (χ4v) is 3.91. The fourth-order valence-electron chi connectivity index (χ4n) is 3.91. The molecule has 152 valence electrons. The van der Waals surface area contributed by atoms with Crippen molar-refractivity contribution in [1.82, 2.24) is 4.98 Å². The Morgan fingerprint density at radius 2 is 1.61 bits per heavy atom. The van der Waals surface area contributed by atoms with Crippen LogP contribution in [0.4, 0.5) is 5.69 Å². The Balaban J connectivity index is 1.52. The number of carbonyl (C=O) groups is 1. The number of amides is 1. The zero-order valence-corrected chi connectivity index (χ0v) is 17.7. The molecule has 0 aliphatic heterocycles. The molecular weight excluding hydrogens is 384 g/mol. The highest BCUT2D eigenvalue weighted by Gasteiger charge is 2.16. The highest BCUT2D eigenvalue weighted by Crippen LogP contribution is 2.32. The van der Waals surface area contributed by atoms with Crippen molar-refractivity contribution in [3.05, 3.63) is 95.1 Å². The minimum Gasteiger partial charge on any atom is -0.436 e. The number of fused-ring (bicyclic) bond motifs is 2. The molecule has 1 N–H and O–H groups in total. The number of hydrogen-bond acceptors (Lipinski definition) is 3. The minimum atomic E-state index is -0.138. The van der Waals surface area contributed by atoms with Gasteiger partial charge in [0, 0.05) is 16.8 Å². The molecule has 0 saturated carbocycles. The first-order valence-corrected chi connectivity index (χ1v) is 10.3. The predicted octanol–water partition coefficient (Wildman–Crippen LogP) is 6.83. The second-order valence-electron chi connectivity index (χ2n) is 7.88. The normalized spacial score (nSPS) is 11.2. The van der Waals surface area contributed by atoms with Gasteiger partial charge in [-0.25, -0.2) is 4.98 Å². The third kappa shape index (κ3) is 3.36. The average Bonchev–Trinajstić information content (AvgIpc) is 3.17. The molecule has 1 heterocycles. The van der Waals surface area contributed by atoms with Crippen LogP contribution < -0.4 is 5.32 Å². The minimum absolute atomic E-state index is 0.138. The van der Waals surface area contributed by atoms with Gasteiger partial charge in [0.2, 0.25) is 5.89 Å². The molecule has 0 unspecified atom stereocenters. The van der Waals surface area contributed by atoms with Gasteiger partial charge in [-0.1, -0.05) is 42.5 Å². The molecule has 5 aromatic rings. The lowest BCUT2D eigenvalue weighted by atomic mass is 10.0. The summed E-state index contributed by atoms with van der Waals surface area (Å²) in [6.07, 6.45) is 0. The summed E-state index contributed by atoms with van der Waals surface area (Å²) in [5, 5.41) is 5.04. The molecular formula is C27H22N2O2. The van der Waals surface area contributed by atoms with E-state index < -0.39 is 0 Å². The first-order chi connectivity index (χ1) is 15.0. The lowest BCUT2D eigenvalue weighted by Crippen LogP contribution is -2.13. The maximum Gasteiger partial charge on any atom is 0.256 e. The summed E-state index contributed by atoms with van der Waals surface area (Å²) in [6.45, 7) is 6.10. The first-order valence-electron chi connectivity index (χ1n) is 10.3. The van der Waals surface area contributed by atoms with Crippen molar-refractivity contribution < 1.29 is 9.21 Å². The number of oxazole rings is 1. The van der Waals surface area contributed by atoms with Gasteiger partial charge in [0.05, 0.1) is 0 Å². The maximum atomic E-state index is 13.1. The Bertz CT molecular complexity index is 1420. The number of rotatable bonds is 3. The molecule has 1 amide bonds. The van der Waals surface area contributed by atoms with E-state index in [0.717, 1.165) is 38.7 Å². The molecule has 0 aliphatic rings. The van der Waals surface area contributed by atoms with Crippen molar-refractivity contribution in [3.63, 3.8) is 0 Å². The molecule has 4 nitrogen and oxygen atoms in total. The smallest absolute Gasteiger partial charge is 0.256 e. The molecule has 4 aromatic carbocycles. The first kappa shape index (κ1) is 19.1. The number of benzene rings is 4. The molecule has 0 saturated heterocycles. The van der Waals surface area contributed by atoms with E-state index in [1.165, 1.54) is 11.1 Å². The predicted molar refractivity (Wildman–Crippen MR) is 126 cm³/mol. The van der Waals surface area contributed by atoms with E-state index in [4.69, 9.17) is 4.42 Å². The molecule has 0 aliphatic carbocycles. The van der Waals surface area contributed by atoms with Crippen LogP contribution in [0.5, 0.6) is 0 Å². The van der Waals surface area contributed by atoms with Gasteiger partial charge in [0.25, 0.3) is 5.91 Å². The van der Waals surface area contributed by atoms with Gasteiger partial charge in [0.15, 0.2) is 5.58 Å². The number of nitrogens with one attached hydrogen (secondary N) is 1. The summed E-state index contributed by atoms with van der Waals surface area (Å²) in [5.74, 6) is 0.416. The van der Waals surface area contributed by atoms with Crippen molar-refractivity contribution in [3.8, 4) is 11.5 Å². The quantitative estimate of drug-likeness (QED) is 0.357. The Morgan fingerprint density at radius 1 is 0.871 bits per heavy atom. The Morgan fingerprint density at radius 3 is 2.48 bits per heavy atom.